The second kappa shape index (κ2) is 6.18. The summed E-state index contributed by atoms with van der Waals surface area (Å²) in [5.41, 5.74) is 5.77. The summed E-state index contributed by atoms with van der Waals surface area (Å²) in [4.78, 5) is 11.8. The molecule has 0 saturated carbocycles. The largest absolute Gasteiger partial charge is 0.455 e. The number of hydrogen-bond donors (Lipinski definition) is 2. The van der Waals surface area contributed by atoms with Gasteiger partial charge in [0.15, 0.2) is 5.11 Å². The number of carbonyl (C=O) groups excluding carboxylic acids is 1. The van der Waals surface area contributed by atoms with Gasteiger partial charge >= 0.3 is 5.97 Å². The van der Waals surface area contributed by atoms with Gasteiger partial charge in [0.1, 0.15) is 5.60 Å². The summed E-state index contributed by atoms with van der Waals surface area (Å²) in [6, 6.07) is 0. The van der Waals surface area contributed by atoms with Crippen LogP contribution in [0.4, 0.5) is 0 Å². The molecule has 1 aliphatic heterocycles. The van der Waals surface area contributed by atoms with Gasteiger partial charge in [-0.1, -0.05) is 19.8 Å². The van der Waals surface area contributed by atoms with Crippen LogP contribution >= 0.6 is 12.2 Å². The molecule has 102 valence electrons. The van der Waals surface area contributed by atoms with Crippen molar-refractivity contribution in [1.29, 1.82) is 0 Å². The Morgan fingerprint density at radius 3 is 2.94 bits per heavy atom. The predicted octanol–water partition coefficient (Wildman–Crippen LogP) is 2.24. The van der Waals surface area contributed by atoms with E-state index in [9.17, 15) is 4.79 Å². The van der Waals surface area contributed by atoms with Crippen LogP contribution in [0.3, 0.4) is 0 Å². The number of hydrogen-bond acceptors (Lipinski definition) is 3. The number of esters is 1. The first-order valence-electron chi connectivity index (χ1n) is 6.35. The average molecular weight is 270 g/mol. The summed E-state index contributed by atoms with van der Waals surface area (Å²) in [6.07, 6.45) is 5.51. The summed E-state index contributed by atoms with van der Waals surface area (Å²) in [5.74, 6) is -0.0721. The molecule has 0 aromatic rings. The maximum atomic E-state index is 11.8. The highest BCUT2D eigenvalue weighted by Gasteiger charge is 2.43. The van der Waals surface area contributed by atoms with Crippen molar-refractivity contribution in [3.8, 4) is 0 Å². The number of carbonyl (C=O) groups is 1. The summed E-state index contributed by atoms with van der Waals surface area (Å²) >= 11 is 4.74. The molecule has 0 aromatic carbocycles. The van der Waals surface area contributed by atoms with Crippen LogP contribution < -0.4 is 11.1 Å². The van der Waals surface area contributed by atoms with Crippen LogP contribution in [0, 0.1) is 5.92 Å². The van der Waals surface area contributed by atoms with E-state index in [1.165, 1.54) is 0 Å². The zero-order valence-corrected chi connectivity index (χ0v) is 12.1. The van der Waals surface area contributed by atoms with Crippen LogP contribution in [-0.2, 0) is 9.53 Å². The minimum Gasteiger partial charge on any atom is -0.455 e. The van der Waals surface area contributed by atoms with Crippen molar-refractivity contribution in [2.24, 2.45) is 11.7 Å². The molecule has 18 heavy (non-hydrogen) atoms. The molecular formula is C13H22N2O2S. The van der Waals surface area contributed by atoms with E-state index < -0.39 is 5.60 Å². The van der Waals surface area contributed by atoms with Gasteiger partial charge in [0.05, 0.1) is 5.92 Å². The summed E-state index contributed by atoms with van der Waals surface area (Å²) < 4.78 is 5.52. The van der Waals surface area contributed by atoms with Gasteiger partial charge < -0.3 is 15.8 Å². The second-order valence-electron chi connectivity index (χ2n) is 5.03. The van der Waals surface area contributed by atoms with Gasteiger partial charge in [0.25, 0.3) is 0 Å². The minimum absolute atomic E-state index is 0.0168. The van der Waals surface area contributed by atoms with Gasteiger partial charge in [-0.2, -0.15) is 0 Å². The topological polar surface area (TPSA) is 64.3 Å². The van der Waals surface area contributed by atoms with Crippen LogP contribution in [0.25, 0.3) is 0 Å². The third kappa shape index (κ3) is 3.70. The average Bonchev–Trinajstić information content (AvgIpc) is 2.59. The first-order chi connectivity index (χ1) is 8.39. The smallest absolute Gasteiger partial charge is 0.309 e. The molecule has 0 bridgehead atoms. The van der Waals surface area contributed by atoms with Gasteiger partial charge in [0, 0.05) is 12.6 Å². The molecule has 0 amide bonds. The van der Waals surface area contributed by atoms with Gasteiger partial charge in [-0.15, -0.1) is 0 Å². The Morgan fingerprint density at radius 1 is 1.72 bits per heavy atom. The van der Waals surface area contributed by atoms with E-state index in [0.717, 1.165) is 31.3 Å². The zero-order chi connectivity index (χ0) is 13.8. The van der Waals surface area contributed by atoms with E-state index in [1.54, 1.807) is 6.20 Å². The SMILES string of the molecule is CCCC[C@@H]1C[C@@](C)(C(C)=CNC(N)=S)OC1=O. The second-order valence-corrected chi connectivity index (χ2v) is 5.47. The summed E-state index contributed by atoms with van der Waals surface area (Å²) in [6.45, 7) is 5.97. The predicted molar refractivity (Wildman–Crippen MR) is 75.8 cm³/mol. The Hall–Kier alpha value is -1.10. The number of ether oxygens (including phenoxy) is 1. The molecule has 0 spiro atoms. The first-order valence-corrected chi connectivity index (χ1v) is 6.76. The number of nitrogens with two attached hydrogens (primary N) is 1. The molecule has 1 aliphatic rings. The maximum absolute atomic E-state index is 11.8. The number of thiocarbonyl (C=S) groups is 1. The number of unbranched alkanes of at least 4 members (excludes halogenated alkanes) is 1. The molecule has 3 N–H and O–H groups in total. The van der Waals surface area contributed by atoms with E-state index >= 15 is 0 Å². The lowest BCUT2D eigenvalue weighted by Gasteiger charge is -2.23. The summed E-state index contributed by atoms with van der Waals surface area (Å²) in [5, 5.41) is 2.99. The van der Waals surface area contributed by atoms with E-state index in [-0.39, 0.29) is 17.0 Å². The molecule has 4 nitrogen and oxygen atoms in total. The van der Waals surface area contributed by atoms with Crippen molar-refractivity contribution in [1.82, 2.24) is 5.32 Å². The lowest BCUT2D eigenvalue weighted by molar-refractivity contribution is -0.147. The third-order valence-electron chi connectivity index (χ3n) is 3.47. The van der Waals surface area contributed by atoms with Crippen molar-refractivity contribution >= 4 is 23.3 Å². The van der Waals surface area contributed by atoms with Crippen LogP contribution in [0.15, 0.2) is 11.8 Å². The highest BCUT2D eigenvalue weighted by atomic mass is 32.1. The maximum Gasteiger partial charge on any atom is 0.309 e. The minimum atomic E-state index is -0.534. The van der Waals surface area contributed by atoms with Crippen LogP contribution in [0.1, 0.15) is 46.5 Å². The standard InChI is InChI=1S/C13H22N2O2S/c1-4-5-6-10-7-13(3,17-11(10)16)9(2)8-15-12(14)18/h8,10H,4-7H2,1-3H3,(H3,14,15,18)/t10-,13+/m1/s1. The molecule has 0 aliphatic carbocycles. The highest BCUT2D eigenvalue weighted by molar-refractivity contribution is 7.80. The summed E-state index contributed by atoms with van der Waals surface area (Å²) in [7, 11) is 0. The Bertz CT molecular complexity index is 368. The molecule has 1 saturated heterocycles. The molecule has 0 aromatic heterocycles. The highest BCUT2D eigenvalue weighted by Crippen LogP contribution is 2.38. The fraction of sp³-hybridized carbons (Fsp3) is 0.692. The molecule has 5 heteroatoms. The molecule has 1 heterocycles. The van der Waals surface area contributed by atoms with Crippen LogP contribution in [0.5, 0.6) is 0 Å². The molecule has 1 fully saturated rings. The van der Waals surface area contributed by atoms with Crippen LogP contribution in [-0.4, -0.2) is 16.7 Å². The van der Waals surface area contributed by atoms with Gasteiger partial charge in [0.2, 0.25) is 0 Å². The van der Waals surface area contributed by atoms with Gasteiger partial charge in [-0.3, -0.25) is 4.79 Å². The van der Waals surface area contributed by atoms with E-state index in [2.05, 4.69) is 12.2 Å². The van der Waals surface area contributed by atoms with Crippen molar-refractivity contribution in [3.63, 3.8) is 0 Å². The quantitative estimate of drug-likeness (QED) is 0.592. The lowest BCUT2D eigenvalue weighted by Crippen LogP contribution is -2.30. The zero-order valence-electron chi connectivity index (χ0n) is 11.3. The Morgan fingerprint density at radius 2 is 2.39 bits per heavy atom. The number of nitrogens with one attached hydrogen (secondary N) is 1. The first kappa shape index (κ1) is 15.0. The monoisotopic (exact) mass is 270 g/mol. The molecule has 1 rings (SSSR count). The van der Waals surface area contributed by atoms with E-state index in [4.69, 9.17) is 22.7 Å². The number of rotatable bonds is 5. The van der Waals surface area contributed by atoms with Gasteiger partial charge in [-0.05, 0) is 38.1 Å². The van der Waals surface area contributed by atoms with Gasteiger partial charge in [-0.25, -0.2) is 0 Å². The number of cyclic esters (lactones) is 1. The van der Waals surface area contributed by atoms with E-state index in [1.807, 2.05) is 13.8 Å². The third-order valence-corrected chi connectivity index (χ3v) is 3.58. The Balaban J connectivity index is 2.68. The van der Waals surface area contributed by atoms with Crippen molar-refractivity contribution in [3.05, 3.63) is 11.8 Å². The molecular weight excluding hydrogens is 248 g/mol. The lowest BCUT2D eigenvalue weighted by atomic mass is 9.87. The molecule has 0 unspecified atom stereocenters. The van der Waals surface area contributed by atoms with Crippen LogP contribution in [0.2, 0.25) is 0 Å². The fourth-order valence-electron chi connectivity index (χ4n) is 2.14. The fourth-order valence-corrected chi connectivity index (χ4v) is 2.20. The molecule has 0 radical (unpaired) electrons. The van der Waals surface area contributed by atoms with Crippen molar-refractivity contribution in [2.45, 2.75) is 52.1 Å². The molecule has 2 atom stereocenters. The van der Waals surface area contributed by atoms with Crippen molar-refractivity contribution in [2.75, 3.05) is 0 Å². The van der Waals surface area contributed by atoms with E-state index in [0.29, 0.717) is 0 Å². The Kier molecular flexibility index (Phi) is 5.14. The van der Waals surface area contributed by atoms with Crippen molar-refractivity contribution < 1.29 is 9.53 Å². The normalized spacial score (nSPS) is 28.1. The Labute approximate surface area is 114 Å².